The Morgan fingerprint density at radius 1 is 1.00 bits per heavy atom. The number of nitrogens with one attached hydrogen (secondary N) is 1. The van der Waals surface area contributed by atoms with Gasteiger partial charge >= 0.3 is 0 Å². The fraction of sp³-hybridized carbons (Fsp3) is 0.619. The molecule has 136 valence electrons. The molecule has 1 aliphatic carbocycles. The molecule has 25 heavy (non-hydrogen) atoms. The van der Waals surface area contributed by atoms with Crippen LogP contribution in [0.5, 0.6) is 0 Å². The van der Waals surface area contributed by atoms with Gasteiger partial charge in [-0.3, -0.25) is 9.59 Å². The molecule has 2 aliphatic rings. The predicted molar refractivity (Wildman–Crippen MR) is 98.8 cm³/mol. The molecule has 0 bridgehead atoms. The van der Waals surface area contributed by atoms with E-state index >= 15 is 0 Å². The van der Waals surface area contributed by atoms with Crippen molar-refractivity contribution < 1.29 is 9.59 Å². The summed E-state index contributed by atoms with van der Waals surface area (Å²) in [6.45, 7) is 1.48. The minimum atomic E-state index is 0.0332. The predicted octanol–water partition coefficient (Wildman–Crippen LogP) is 3.65. The van der Waals surface area contributed by atoms with Crippen LogP contribution in [-0.2, 0) is 16.1 Å². The normalized spacial score (nSPS) is 23.0. The van der Waals surface area contributed by atoms with Crippen molar-refractivity contribution in [2.75, 3.05) is 6.54 Å². The van der Waals surface area contributed by atoms with Crippen LogP contribution in [0.4, 0.5) is 0 Å². The molecule has 3 rings (SSSR count). The van der Waals surface area contributed by atoms with Gasteiger partial charge in [0.2, 0.25) is 11.8 Å². The SMILES string of the molecule is O=C(CCCC(=O)N1CCCC2CCCCC21)NCc1ccccc1. The number of carbonyl (C=O) groups is 2. The zero-order valence-electron chi connectivity index (χ0n) is 15.1. The molecule has 2 unspecified atom stereocenters. The first-order valence-electron chi connectivity index (χ1n) is 9.84. The maximum atomic E-state index is 12.6. The van der Waals surface area contributed by atoms with Crippen molar-refractivity contribution in [1.82, 2.24) is 10.2 Å². The minimum absolute atomic E-state index is 0.0332. The van der Waals surface area contributed by atoms with Gasteiger partial charge in [0.15, 0.2) is 0 Å². The molecule has 1 aromatic rings. The van der Waals surface area contributed by atoms with Gasteiger partial charge in [0.1, 0.15) is 0 Å². The summed E-state index contributed by atoms with van der Waals surface area (Å²) in [6.07, 6.45) is 9.05. The fourth-order valence-corrected chi connectivity index (χ4v) is 4.36. The van der Waals surface area contributed by atoms with E-state index in [1.54, 1.807) is 0 Å². The molecular weight excluding hydrogens is 312 g/mol. The average molecular weight is 342 g/mol. The minimum Gasteiger partial charge on any atom is -0.352 e. The molecule has 1 aromatic carbocycles. The molecule has 0 radical (unpaired) electrons. The Bertz CT molecular complexity index is 571. The first-order valence-corrected chi connectivity index (χ1v) is 9.84. The van der Waals surface area contributed by atoms with E-state index in [1.165, 1.54) is 32.1 Å². The lowest BCUT2D eigenvalue weighted by molar-refractivity contribution is -0.137. The zero-order valence-corrected chi connectivity index (χ0v) is 15.1. The topological polar surface area (TPSA) is 49.4 Å². The first-order chi connectivity index (χ1) is 12.2. The molecule has 1 saturated heterocycles. The van der Waals surface area contributed by atoms with E-state index in [4.69, 9.17) is 0 Å². The maximum absolute atomic E-state index is 12.6. The molecule has 1 aliphatic heterocycles. The molecule has 2 atom stereocenters. The second kappa shape index (κ2) is 9.02. The van der Waals surface area contributed by atoms with Crippen LogP contribution < -0.4 is 5.32 Å². The van der Waals surface area contributed by atoms with Crippen LogP contribution in [0, 0.1) is 5.92 Å². The number of amides is 2. The molecular formula is C21H30N2O2. The van der Waals surface area contributed by atoms with Gasteiger partial charge in [0.05, 0.1) is 0 Å². The van der Waals surface area contributed by atoms with E-state index in [2.05, 4.69) is 10.2 Å². The second-order valence-corrected chi connectivity index (χ2v) is 7.46. The molecule has 0 spiro atoms. The molecule has 1 N–H and O–H groups in total. The third-order valence-electron chi connectivity index (χ3n) is 5.69. The van der Waals surface area contributed by atoms with Crippen LogP contribution in [-0.4, -0.2) is 29.3 Å². The van der Waals surface area contributed by atoms with Crippen molar-refractivity contribution in [3.8, 4) is 0 Å². The number of hydrogen-bond donors (Lipinski definition) is 1. The number of hydrogen-bond acceptors (Lipinski definition) is 2. The summed E-state index contributed by atoms with van der Waals surface area (Å²) >= 11 is 0. The van der Waals surface area contributed by atoms with Crippen molar-refractivity contribution in [2.45, 2.75) is 70.4 Å². The number of carbonyl (C=O) groups excluding carboxylic acids is 2. The van der Waals surface area contributed by atoms with Gasteiger partial charge in [0.25, 0.3) is 0 Å². The van der Waals surface area contributed by atoms with E-state index in [9.17, 15) is 9.59 Å². The summed E-state index contributed by atoms with van der Waals surface area (Å²) in [4.78, 5) is 26.7. The lowest BCUT2D eigenvalue weighted by Gasteiger charge is -2.44. The van der Waals surface area contributed by atoms with Crippen molar-refractivity contribution in [3.05, 3.63) is 35.9 Å². The summed E-state index contributed by atoms with van der Waals surface area (Å²) in [5.74, 6) is 1.01. The van der Waals surface area contributed by atoms with Crippen LogP contribution in [0.2, 0.25) is 0 Å². The van der Waals surface area contributed by atoms with Crippen LogP contribution in [0.25, 0.3) is 0 Å². The van der Waals surface area contributed by atoms with Gasteiger partial charge in [-0.05, 0) is 43.6 Å². The molecule has 2 amide bonds. The third-order valence-corrected chi connectivity index (χ3v) is 5.69. The number of piperidine rings is 1. The summed E-state index contributed by atoms with van der Waals surface area (Å²) in [7, 11) is 0. The van der Waals surface area contributed by atoms with Gasteiger partial charge in [0, 0.05) is 32.0 Å². The molecule has 4 heteroatoms. The Balaban J connectivity index is 1.37. The lowest BCUT2D eigenvalue weighted by atomic mass is 9.78. The summed E-state index contributed by atoms with van der Waals surface area (Å²) < 4.78 is 0. The Morgan fingerprint density at radius 3 is 2.60 bits per heavy atom. The molecule has 0 aromatic heterocycles. The monoisotopic (exact) mass is 342 g/mol. The molecule has 1 heterocycles. The van der Waals surface area contributed by atoms with Crippen molar-refractivity contribution in [2.24, 2.45) is 5.92 Å². The van der Waals surface area contributed by atoms with Crippen molar-refractivity contribution in [3.63, 3.8) is 0 Å². The van der Waals surface area contributed by atoms with Crippen LogP contribution in [0.1, 0.15) is 63.4 Å². The van der Waals surface area contributed by atoms with E-state index in [1.807, 2.05) is 30.3 Å². The molecule has 2 fully saturated rings. The van der Waals surface area contributed by atoms with Crippen molar-refractivity contribution in [1.29, 1.82) is 0 Å². The molecule has 4 nitrogen and oxygen atoms in total. The first kappa shape index (κ1) is 18.0. The lowest BCUT2D eigenvalue weighted by Crippen LogP contribution is -2.49. The number of nitrogens with zero attached hydrogens (tertiary/aromatic N) is 1. The third kappa shape index (κ3) is 5.07. The maximum Gasteiger partial charge on any atom is 0.222 e. The summed E-state index contributed by atoms with van der Waals surface area (Å²) in [5, 5.41) is 2.93. The van der Waals surface area contributed by atoms with E-state index in [-0.39, 0.29) is 11.8 Å². The average Bonchev–Trinajstić information content (AvgIpc) is 2.66. The van der Waals surface area contributed by atoms with Gasteiger partial charge in [-0.2, -0.15) is 0 Å². The number of likely N-dealkylation sites (tertiary alicyclic amines) is 1. The highest BCUT2D eigenvalue weighted by Crippen LogP contribution is 2.35. The molecule has 1 saturated carbocycles. The highest BCUT2D eigenvalue weighted by molar-refractivity contribution is 5.79. The highest BCUT2D eigenvalue weighted by atomic mass is 16.2. The summed E-state index contributed by atoms with van der Waals surface area (Å²) in [5.41, 5.74) is 1.10. The zero-order chi connectivity index (χ0) is 17.5. The fourth-order valence-electron chi connectivity index (χ4n) is 4.36. The number of fused-ring (bicyclic) bond motifs is 1. The van der Waals surface area contributed by atoms with E-state index < -0.39 is 0 Å². The van der Waals surface area contributed by atoms with Crippen LogP contribution in [0.15, 0.2) is 30.3 Å². The van der Waals surface area contributed by atoms with Gasteiger partial charge in [-0.25, -0.2) is 0 Å². The highest BCUT2D eigenvalue weighted by Gasteiger charge is 2.35. The van der Waals surface area contributed by atoms with Crippen LogP contribution >= 0.6 is 0 Å². The Labute approximate surface area is 151 Å². The quantitative estimate of drug-likeness (QED) is 0.858. The smallest absolute Gasteiger partial charge is 0.222 e. The van der Waals surface area contributed by atoms with Crippen LogP contribution in [0.3, 0.4) is 0 Å². The Hall–Kier alpha value is -1.84. The number of benzene rings is 1. The Morgan fingerprint density at radius 2 is 1.76 bits per heavy atom. The standard InChI is InChI=1S/C21H30N2O2/c24-20(22-16-17-8-2-1-3-9-17)13-6-14-21(25)23-15-7-11-18-10-4-5-12-19(18)23/h1-3,8-9,18-19H,4-7,10-16H2,(H,22,24). The van der Waals surface area contributed by atoms with Gasteiger partial charge in [-0.1, -0.05) is 43.2 Å². The Kier molecular flexibility index (Phi) is 6.48. The van der Waals surface area contributed by atoms with Gasteiger partial charge in [-0.15, -0.1) is 0 Å². The summed E-state index contributed by atoms with van der Waals surface area (Å²) in [6, 6.07) is 10.4. The number of rotatable bonds is 6. The van der Waals surface area contributed by atoms with Crippen molar-refractivity contribution >= 4 is 11.8 Å². The second-order valence-electron chi connectivity index (χ2n) is 7.46. The van der Waals surface area contributed by atoms with E-state index in [0.29, 0.717) is 31.8 Å². The largest absolute Gasteiger partial charge is 0.352 e. The van der Waals surface area contributed by atoms with Gasteiger partial charge < -0.3 is 10.2 Å². The van der Waals surface area contributed by atoms with E-state index in [0.717, 1.165) is 24.4 Å².